The van der Waals surface area contributed by atoms with Gasteiger partial charge in [0.2, 0.25) is 0 Å². The van der Waals surface area contributed by atoms with Crippen LogP contribution < -0.4 is 9.80 Å². The average molecular weight is 356 g/mol. The highest BCUT2D eigenvalue weighted by Crippen LogP contribution is 2.29. The van der Waals surface area contributed by atoms with Crippen molar-refractivity contribution >= 4 is 38.8 Å². The number of piperazine rings is 1. The fraction of sp³-hybridized carbons (Fsp3) is 0.278. The van der Waals surface area contributed by atoms with Crippen molar-refractivity contribution in [2.45, 2.75) is 6.92 Å². The number of benzene rings is 1. The summed E-state index contributed by atoms with van der Waals surface area (Å²) in [5, 5.41) is 3.09. The van der Waals surface area contributed by atoms with Crippen LogP contribution >= 0.6 is 11.3 Å². The fourth-order valence-electron chi connectivity index (χ4n) is 3.17. The number of carbonyl (C=O) groups is 1. The minimum Gasteiger partial charge on any atom is -0.366 e. The predicted molar refractivity (Wildman–Crippen MR) is 98.2 cm³/mol. The van der Waals surface area contributed by atoms with Crippen molar-refractivity contribution in [3.05, 3.63) is 47.4 Å². The Bertz CT molecular complexity index is 934. The van der Waals surface area contributed by atoms with Crippen LogP contribution in [0.3, 0.4) is 0 Å². The van der Waals surface area contributed by atoms with Gasteiger partial charge in [-0.05, 0) is 36.6 Å². The number of carbonyl (C=O) groups excluding carboxylic acids is 1. The molecule has 0 unspecified atom stereocenters. The van der Waals surface area contributed by atoms with Crippen LogP contribution in [0, 0.1) is 5.82 Å². The number of hydrogen-bond donors (Lipinski definition) is 0. The van der Waals surface area contributed by atoms with Gasteiger partial charge in [-0.3, -0.25) is 4.79 Å². The number of Topliss-reactive ketones (excluding diaryl/α,β-unsaturated/α-hetero) is 1. The van der Waals surface area contributed by atoms with E-state index < -0.39 is 0 Å². The van der Waals surface area contributed by atoms with Crippen molar-refractivity contribution in [2.24, 2.45) is 0 Å². The number of hydrogen-bond acceptors (Lipinski definition) is 6. The number of fused-ring (bicyclic) bond motifs is 1. The fourth-order valence-corrected chi connectivity index (χ4v) is 3.90. The Morgan fingerprint density at radius 1 is 1.12 bits per heavy atom. The zero-order valence-corrected chi connectivity index (χ0v) is 14.6. The van der Waals surface area contributed by atoms with Gasteiger partial charge in [0.25, 0.3) is 0 Å². The lowest BCUT2D eigenvalue weighted by Crippen LogP contribution is -2.47. The van der Waals surface area contributed by atoms with Crippen LogP contribution in [0.5, 0.6) is 0 Å². The van der Waals surface area contributed by atoms with Crippen LogP contribution in [-0.2, 0) is 0 Å². The average Bonchev–Trinajstić information content (AvgIpc) is 3.10. The summed E-state index contributed by atoms with van der Waals surface area (Å²) >= 11 is 1.60. The summed E-state index contributed by atoms with van der Waals surface area (Å²) in [4.78, 5) is 25.3. The van der Waals surface area contributed by atoms with Gasteiger partial charge >= 0.3 is 0 Å². The molecule has 0 saturated carbocycles. The molecule has 1 aliphatic heterocycles. The summed E-state index contributed by atoms with van der Waals surface area (Å²) in [5.41, 5.74) is 0.953. The number of anilines is 2. The van der Waals surface area contributed by atoms with Crippen molar-refractivity contribution in [1.82, 2.24) is 9.97 Å². The van der Waals surface area contributed by atoms with E-state index in [4.69, 9.17) is 0 Å². The highest BCUT2D eigenvalue weighted by molar-refractivity contribution is 7.16. The third-order valence-electron chi connectivity index (χ3n) is 4.51. The summed E-state index contributed by atoms with van der Waals surface area (Å²) in [7, 11) is 0. The van der Waals surface area contributed by atoms with Gasteiger partial charge in [0.05, 0.1) is 11.1 Å². The summed E-state index contributed by atoms with van der Waals surface area (Å²) in [6, 6.07) is 6.75. The number of nitrogens with zero attached hydrogens (tertiary/aromatic N) is 4. The molecule has 1 fully saturated rings. The molecule has 0 radical (unpaired) electrons. The molecule has 0 atom stereocenters. The maximum atomic E-state index is 14.4. The third-order valence-corrected chi connectivity index (χ3v) is 5.34. The van der Waals surface area contributed by atoms with Gasteiger partial charge in [0, 0.05) is 31.7 Å². The molecular formula is C18H17FN4OS. The first-order valence-corrected chi connectivity index (χ1v) is 9.00. The Kier molecular flexibility index (Phi) is 4.09. The van der Waals surface area contributed by atoms with Crippen LogP contribution in [0.1, 0.15) is 17.3 Å². The standard InChI is InChI=1S/C18H17FN4OS/c1-12(24)13-2-3-16(15(19)10-13)22-5-7-23(8-6-22)17-14-4-9-25-18(14)21-11-20-17/h2-4,9-11H,5-8H2,1H3. The molecule has 128 valence electrons. The lowest BCUT2D eigenvalue weighted by molar-refractivity contribution is 0.101. The molecule has 25 heavy (non-hydrogen) atoms. The van der Waals surface area contributed by atoms with Gasteiger partial charge in [0.1, 0.15) is 22.8 Å². The predicted octanol–water partition coefficient (Wildman–Crippen LogP) is 3.36. The van der Waals surface area contributed by atoms with Crippen molar-refractivity contribution in [3.63, 3.8) is 0 Å². The Balaban J connectivity index is 1.52. The number of halogens is 1. The van der Waals surface area contributed by atoms with Crippen LogP contribution in [0.25, 0.3) is 10.2 Å². The van der Waals surface area contributed by atoms with Gasteiger partial charge < -0.3 is 9.80 Å². The van der Waals surface area contributed by atoms with E-state index in [2.05, 4.69) is 14.9 Å². The van der Waals surface area contributed by atoms with E-state index in [1.807, 2.05) is 16.3 Å². The third kappa shape index (κ3) is 2.95. The maximum absolute atomic E-state index is 14.4. The molecule has 4 rings (SSSR count). The second kappa shape index (κ2) is 6.40. The van der Waals surface area contributed by atoms with Gasteiger partial charge in [0.15, 0.2) is 5.78 Å². The number of aromatic nitrogens is 2. The van der Waals surface area contributed by atoms with Crippen LogP contribution in [0.4, 0.5) is 15.9 Å². The molecule has 1 aliphatic rings. The topological polar surface area (TPSA) is 49.3 Å². The van der Waals surface area contributed by atoms with E-state index in [0.717, 1.165) is 29.1 Å². The molecule has 0 aliphatic carbocycles. The largest absolute Gasteiger partial charge is 0.366 e. The highest BCUT2D eigenvalue weighted by Gasteiger charge is 2.22. The minimum atomic E-state index is -0.344. The SMILES string of the molecule is CC(=O)c1ccc(N2CCN(c3ncnc4sccc34)CC2)c(F)c1. The lowest BCUT2D eigenvalue weighted by atomic mass is 10.1. The molecule has 5 nitrogen and oxygen atoms in total. The van der Waals surface area contributed by atoms with E-state index >= 15 is 0 Å². The molecule has 0 spiro atoms. The molecule has 7 heteroatoms. The van der Waals surface area contributed by atoms with Crippen molar-refractivity contribution in [2.75, 3.05) is 36.0 Å². The van der Waals surface area contributed by atoms with E-state index in [9.17, 15) is 9.18 Å². The molecule has 1 aromatic carbocycles. The van der Waals surface area contributed by atoms with E-state index in [1.165, 1.54) is 13.0 Å². The second-order valence-electron chi connectivity index (χ2n) is 6.03. The molecule has 2 aromatic heterocycles. The monoisotopic (exact) mass is 356 g/mol. The van der Waals surface area contributed by atoms with E-state index in [0.29, 0.717) is 24.3 Å². The van der Waals surface area contributed by atoms with Crippen LogP contribution in [-0.4, -0.2) is 41.9 Å². The maximum Gasteiger partial charge on any atom is 0.159 e. The Morgan fingerprint density at radius 3 is 2.60 bits per heavy atom. The number of ketones is 1. The van der Waals surface area contributed by atoms with Gasteiger partial charge in [-0.2, -0.15) is 0 Å². The lowest BCUT2D eigenvalue weighted by Gasteiger charge is -2.37. The Hall–Kier alpha value is -2.54. The number of rotatable bonds is 3. The van der Waals surface area contributed by atoms with Gasteiger partial charge in [-0.25, -0.2) is 14.4 Å². The molecule has 1 saturated heterocycles. The summed E-state index contributed by atoms with van der Waals surface area (Å²) < 4.78 is 14.4. The van der Waals surface area contributed by atoms with Crippen molar-refractivity contribution < 1.29 is 9.18 Å². The highest BCUT2D eigenvalue weighted by atomic mass is 32.1. The van der Waals surface area contributed by atoms with E-state index in [1.54, 1.807) is 29.8 Å². The zero-order chi connectivity index (χ0) is 17.4. The van der Waals surface area contributed by atoms with Crippen LogP contribution in [0.2, 0.25) is 0 Å². The zero-order valence-electron chi connectivity index (χ0n) is 13.8. The first kappa shape index (κ1) is 16.0. The number of thiophene rings is 1. The quantitative estimate of drug-likeness (QED) is 0.674. The molecule has 0 N–H and O–H groups in total. The summed E-state index contributed by atoms with van der Waals surface area (Å²) in [6.07, 6.45) is 1.60. The molecule has 3 aromatic rings. The van der Waals surface area contributed by atoms with Gasteiger partial charge in [-0.15, -0.1) is 11.3 Å². The van der Waals surface area contributed by atoms with Crippen molar-refractivity contribution in [3.8, 4) is 0 Å². The Morgan fingerprint density at radius 2 is 1.88 bits per heavy atom. The first-order chi connectivity index (χ1) is 12.1. The van der Waals surface area contributed by atoms with Crippen LogP contribution in [0.15, 0.2) is 36.0 Å². The normalized spacial score (nSPS) is 15.0. The first-order valence-electron chi connectivity index (χ1n) is 8.12. The van der Waals surface area contributed by atoms with Gasteiger partial charge in [-0.1, -0.05) is 0 Å². The molecule has 0 amide bonds. The Labute approximate surface area is 148 Å². The van der Waals surface area contributed by atoms with Crippen molar-refractivity contribution in [1.29, 1.82) is 0 Å². The minimum absolute atomic E-state index is 0.126. The second-order valence-corrected chi connectivity index (χ2v) is 6.93. The summed E-state index contributed by atoms with van der Waals surface area (Å²) in [6.45, 7) is 4.36. The smallest absolute Gasteiger partial charge is 0.159 e. The molecular weight excluding hydrogens is 339 g/mol. The summed E-state index contributed by atoms with van der Waals surface area (Å²) in [5.74, 6) is 0.473. The molecule has 3 heterocycles. The molecule has 0 bridgehead atoms. The van der Waals surface area contributed by atoms with E-state index in [-0.39, 0.29) is 11.6 Å².